The lowest BCUT2D eigenvalue weighted by Crippen LogP contribution is -2.82. The number of morpholine rings is 1. The largest absolute Gasteiger partial charge is 0.446 e. The fourth-order valence-electron chi connectivity index (χ4n) is 2.34. The van der Waals surface area contributed by atoms with E-state index in [0.717, 1.165) is 17.4 Å². The van der Waals surface area contributed by atoms with Crippen LogP contribution in [0.1, 0.15) is 5.56 Å². The molecule has 2 rings (SSSR count). The maximum atomic E-state index is 14.8. The number of nitriles is 1. The topological polar surface area (TPSA) is 65.4 Å². The molecule has 0 saturated carbocycles. The molecule has 0 aliphatic carbocycles. The van der Waals surface area contributed by atoms with Gasteiger partial charge in [-0.05, 0) is 18.2 Å². The quantitative estimate of drug-likeness (QED) is 0.519. The van der Waals surface area contributed by atoms with Crippen molar-refractivity contribution in [1.82, 2.24) is 4.90 Å². The van der Waals surface area contributed by atoms with Gasteiger partial charge in [0, 0.05) is 5.69 Å². The first-order valence-electron chi connectivity index (χ1n) is 7.35. The molecule has 0 spiro atoms. The number of alkyl halides is 12. The van der Waals surface area contributed by atoms with Gasteiger partial charge in [-0.25, -0.2) is 9.13 Å². The average molecular weight is 475 g/mol. The third-order valence-electron chi connectivity index (χ3n) is 3.75. The van der Waals surface area contributed by atoms with Crippen LogP contribution in [0.2, 0.25) is 0 Å². The minimum absolute atomic E-state index is 0.422. The number of nitrogens with zero attached hydrogens (tertiary/aromatic N) is 2. The molecule has 1 amide bonds. The molecule has 0 aromatic heterocycles. The summed E-state index contributed by atoms with van der Waals surface area (Å²) in [7, 11) is 0. The van der Waals surface area contributed by atoms with Crippen LogP contribution in [0.15, 0.2) is 24.3 Å². The molecule has 1 fully saturated rings. The Hall–Kier alpha value is -2.74. The van der Waals surface area contributed by atoms with E-state index in [2.05, 4.69) is 0 Å². The Bertz CT molecular complexity index is 900. The minimum atomic E-state index is -7.19. The van der Waals surface area contributed by atoms with Gasteiger partial charge in [-0.3, -0.25) is 4.79 Å². The van der Waals surface area contributed by atoms with E-state index >= 15 is 0 Å². The van der Waals surface area contributed by atoms with Crippen LogP contribution in [-0.4, -0.2) is 47.1 Å². The number of amides is 1. The molecular formula is C14H5F12N3O2. The highest BCUT2D eigenvalue weighted by atomic mass is 19.4. The molecule has 1 aliphatic rings. The molecule has 172 valence electrons. The first kappa shape index (κ1) is 24.5. The molecule has 1 aromatic rings. The van der Waals surface area contributed by atoms with E-state index in [0.29, 0.717) is 12.1 Å². The second-order valence-electron chi connectivity index (χ2n) is 5.82. The number of ether oxygens (including phenoxy) is 1. The summed E-state index contributed by atoms with van der Waals surface area (Å²) in [5, 5.41) is 9.51. The molecule has 0 bridgehead atoms. The van der Waals surface area contributed by atoms with Gasteiger partial charge >= 0.3 is 36.3 Å². The minimum Gasteiger partial charge on any atom is -0.322 e. The molecule has 0 radical (unpaired) electrons. The van der Waals surface area contributed by atoms with Crippen molar-refractivity contribution in [2.45, 2.75) is 36.3 Å². The molecule has 1 aromatic carbocycles. The van der Waals surface area contributed by atoms with Crippen LogP contribution >= 0.6 is 0 Å². The van der Waals surface area contributed by atoms with Crippen LogP contribution in [0, 0.1) is 11.3 Å². The maximum Gasteiger partial charge on any atom is 0.446 e. The smallest absolute Gasteiger partial charge is 0.322 e. The number of carbonyl (C=O) groups excluding carboxylic acids is 1. The molecule has 1 N–H and O–H groups in total. The number of nitrogens with one attached hydrogen (secondary N) is 1. The van der Waals surface area contributed by atoms with E-state index in [9.17, 15) is 57.5 Å². The number of benzene rings is 1. The number of hydrogen-bond acceptors (Lipinski definition) is 4. The Kier molecular flexibility index (Phi) is 5.45. The predicted molar refractivity (Wildman–Crippen MR) is 72.4 cm³/mol. The van der Waals surface area contributed by atoms with Crippen LogP contribution in [0.25, 0.3) is 0 Å². The van der Waals surface area contributed by atoms with Gasteiger partial charge in [-0.2, -0.15) is 53.6 Å². The van der Waals surface area contributed by atoms with Crippen molar-refractivity contribution >= 4 is 11.6 Å². The number of anilines is 1. The third-order valence-corrected chi connectivity index (χ3v) is 3.75. The Labute approximate surface area is 162 Å². The van der Waals surface area contributed by atoms with Crippen molar-refractivity contribution in [2.24, 2.45) is 0 Å². The van der Waals surface area contributed by atoms with Gasteiger partial charge in [0.15, 0.2) is 0 Å². The van der Waals surface area contributed by atoms with E-state index in [-0.39, 0.29) is 0 Å². The van der Waals surface area contributed by atoms with Crippen LogP contribution in [0.5, 0.6) is 0 Å². The molecule has 1 saturated heterocycles. The van der Waals surface area contributed by atoms with Crippen LogP contribution in [0.3, 0.4) is 0 Å². The van der Waals surface area contributed by atoms with Crippen LogP contribution in [0.4, 0.5) is 58.4 Å². The highest BCUT2D eigenvalue weighted by Gasteiger charge is 2.90. The van der Waals surface area contributed by atoms with Crippen molar-refractivity contribution in [1.29, 1.82) is 5.26 Å². The third kappa shape index (κ3) is 3.52. The van der Waals surface area contributed by atoms with Gasteiger partial charge in [-0.1, -0.05) is 6.07 Å². The molecule has 1 aliphatic heterocycles. The van der Waals surface area contributed by atoms with Crippen molar-refractivity contribution in [3.05, 3.63) is 29.8 Å². The summed E-state index contributed by atoms with van der Waals surface area (Å²) < 4.78 is 165. The first-order chi connectivity index (χ1) is 13.8. The number of halogens is 12. The standard InChI is InChI=1S/C14H5F12N3O2/c15-9(10(16,17)18,8(30)28-7-3-1-2-6(4-7)5-27)29-11(19,20)13(23,24)31-14(25,26)12(29,21)22/h1-4H,(H,28,30)/t9-/m1/s1. The maximum absolute atomic E-state index is 14.8. The fourth-order valence-corrected chi connectivity index (χ4v) is 2.34. The van der Waals surface area contributed by atoms with E-state index < -0.39 is 58.3 Å². The molecule has 1 heterocycles. The SMILES string of the molecule is N#Cc1cccc(NC(=O)[C@@](F)(N2C(F)(F)C(F)(F)OC(F)(F)C2(F)F)C(F)(F)F)c1. The van der Waals surface area contributed by atoms with Gasteiger partial charge in [0.05, 0.1) is 11.6 Å². The van der Waals surface area contributed by atoms with Gasteiger partial charge in [-0.15, -0.1) is 4.90 Å². The summed E-state index contributed by atoms with van der Waals surface area (Å²) in [5.74, 6) is -10.4. The fraction of sp³-hybridized carbons (Fsp3) is 0.429. The van der Waals surface area contributed by atoms with Crippen molar-refractivity contribution < 1.29 is 62.2 Å². The zero-order valence-corrected chi connectivity index (χ0v) is 14.1. The van der Waals surface area contributed by atoms with Gasteiger partial charge in [0.25, 0.3) is 5.91 Å². The number of rotatable bonds is 3. The molecular weight excluding hydrogens is 470 g/mol. The molecule has 0 unspecified atom stereocenters. The van der Waals surface area contributed by atoms with E-state index in [1.54, 1.807) is 0 Å². The Morgan fingerprint density at radius 2 is 1.45 bits per heavy atom. The second-order valence-corrected chi connectivity index (χ2v) is 5.82. The predicted octanol–water partition coefficient (Wildman–Crippen LogP) is 4.43. The van der Waals surface area contributed by atoms with Gasteiger partial charge < -0.3 is 5.32 Å². The lowest BCUT2D eigenvalue weighted by Gasteiger charge is -2.51. The summed E-state index contributed by atoms with van der Waals surface area (Å²) in [6.45, 7) is 0. The summed E-state index contributed by atoms with van der Waals surface area (Å²) in [4.78, 5) is 8.27. The average Bonchev–Trinajstić information content (AvgIpc) is 2.58. The normalized spacial score (nSPS) is 24.0. The van der Waals surface area contributed by atoms with Crippen molar-refractivity contribution in [2.75, 3.05) is 5.32 Å². The van der Waals surface area contributed by atoms with Crippen LogP contribution < -0.4 is 5.32 Å². The molecule has 1 atom stereocenters. The molecule has 31 heavy (non-hydrogen) atoms. The molecule has 5 nitrogen and oxygen atoms in total. The second kappa shape index (κ2) is 6.88. The van der Waals surface area contributed by atoms with Crippen molar-refractivity contribution in [3.63, 3.8) is 0 Å². The molecule has 17 heteroatoms. The number of carbonyl (C=O) groups is 1. The van der Waals surface area contributed by atoms with Crippen LogP contribution in [-0.2, 0) is 9.53 Å². The summed E-state index contributed by atoms with van der Waals surface area (Å²) in [5.41, 5.74) is -1.40. The van der Waals surface area contributed by atoms with E-state index in [1.165, 1.54) is 6.07 Å². The summed E-state index contributed by atoms with van der Waals surface area (Å²) in [6, 6.07) is -9.89. The highest BCUT2D eigenvalue weighted by molar-refractivity contribution is 5.97. The van der Waals surface area contributed by atoms with Gasteiger partial charge in [0.1, 0.15) is 0 Å². The summed E-state index contributed by atoms with van der Waals surface area (Å²) >= 11 is 0. The first-order valence-corrected chi connectivity index (χ1v) is 7.35. The van der Waals surface area contributed by atoms with E-state index in [1.807, 2.05) is 4.74 Å². The Balaban J connectivity index is 2.72. The van der Waals surface area contributed by atoms with Crippen molar-refractivity contribution in [3.8, 4) is 6.07 Å². The van der Waals surface area contributed by atoms with Gasteiger partial charge in [0.2, 0.25) is 0 Å². The Morgan fingerprint density at radius 1 is 0.968 bits per heavy atom. The monoisotopic (exact) mass is 475 g/mol. The summed E-state index contributed by atoms with van der Waals surface area (Å²) in [6.07, 6.45) is -20.8. The number of hydrogen-bond donors (Lipinski definition) is 1. The lowest BCUT2D eigenvalue weighted by molar-refractivity contribution is -0.582. The highest BCUT2D eigenvalue weighted by Crippen LogP contribution is 2.60. The Morgan fingerprint density at radius 3 is 1.87 bits per heavy atom. The lowest BCUT2D eigenvalue weighted by atomic mass is 10.1. The zero-order chi connectivity index (χ0) is 24.3. The zero-order valence-electron chi connectivity index (χ0n) is 14.1. The van der Waals surface area contributed by atoms with E-state index in [4.69, 9.17) is 5.26 Å².